The van der Waals surface area contributed by atoms with E-state index in [4.69, 9.17) is 9.84 Å². The van der Waals surface area contributed by atoms with Crippen molar-refractivity contribution in [2.24, 2.45) is 0 Å². The van der Waals surface area contributed by atoms with Crippen LogP contribution in [0.25, 0.3) is 11.1 Å². The summed E-state index contributed by atoms with van der Waals surface area (Å²) in [5, 5.41) is 8.46. The van der Waals surface area contributed by atoms with Crippen LogP contribution in [-0.2, 0) is 4.79 Å². The average molecular weight is 264 g/mol. The second-order valence-corrected chi connectivity index (χ2v) is 3.83. The van der Waals surface area contributed by atoms with Gasteiger partial charge in [0.25, 0.3) is 0 Å². The van der Waals surface area contributed by atoms with E-state index in [9.17, 15) is 13.6 Å². The number of hydrogen-bond acceptors (Lipinski definition) is 2. The quantitative estimate of drug-likeness (QED) is 0.923. The highest BCUT2D eigenvalue weighted by atomic mass is 19.1. The molecule has 0 spiro atoms. The van der Waals surface area contributed by atoms with Gasteiger partial charge in [-0.15, -0.1) is 0 Å². The summed E-state index contributed by atoms with van der Waals surface area (Å²) in [4.78, 5) is 10.3. The third kappa shape index (κ3) is 3.28. The molecule has 98 valence electrons. The molecule has 0 radical (unpaired) electrons. The summed E-state index contributed by atoms with van der Waals surface area (Å²) >= 11 is 0. The van der Waals surface area contributed by atoms with E-state index in [1.807, 2.05) is 0 Å². The molecule has 19 heavy (non-hydrogen) atoms. The highest BCUT2D eigenvalue weighted by Crippen LogP contribution is 2.25. The van der Waals surface area contributed by atoms with Gasteiger partial charge in [-0.1, -0.05) is 12.1 Å². The van der Waals surface area contributed by atoms with Crippen molar-refractivity contribution in [3.63, 3.8) is 0 Å². The van der Waals surface area contributed by atoms with Gasteiger partial charge in [-0.2, -0.15) is 0 Å². The molecular weight excluding hydrogens is 254 g/mol. The molecule has 0 saturated carbocycles. The molecule has 2 aromatic rings. The van der Waals surface area contributed by atoms with Crippen molar-refractivity contribution in [3.8, 4) is 16.9 Å². The summed E-state index contributed by atoms with van der Waals surface area (Å²) in [5.74, 6) is -2.00. The van der Waals surface area contributed by atoms with E-state index in [2.05, 4.69) is 0 Å². The molecule has 2 rings (SSSR count). The van der Waals surface area contributed by atoms with Crippen molar-refractivity contribution in [2.75, 3.05) is 6.61 Å². The van der Waals surface area contributed by atoms with E-state index in [1.165, 1.54) is 24.3 Å². The Morgan fingerprint density at radius 2 is 1.79 bits per heavy atom. The second-order valence-electron chi connectivity index (χ2n) is 3.83. The zero-order chi connectivity index (χ0) is 13.8. The first-order valence-corrected chi connectivity index (χ1v) is 5.46. The van der Waals surface area contributed by atoms with E-state index in [1.54, 1.807) is 12.1 Å². The van der Waals surface area contributed by atoms with Gasteiger partial charge >= 0.3 is 5.97 Å². The van der Waals surface area contributed by atoms with Gasteiger partial charge < -0.3 is 9.84 Å². The average Bonchev–Trinajstić information content (AvgIpc) is 2.37. The third-order valence-corrected chi connectivity index (χ3v) is 2.46. The molecule has 3 nitrogen and oxygen atoms in total. The van der Waals surface area contributed by atoms with E-state index in [-0.39, 0.29) is 5.56 Å². The zero-order valence-electron chi connectivity index (χ0n) is 9.77. The maximum absolute atomic E-state index is 13.5. The third-order valence-electron chi connectivity index (χ3n) is 2.46. The Balaban J connectivity index is 2.20. The molecule has 1 N–H and O–H groups in total. The molecule has 0 amide bonds. The van der Waals surface area contributed by atoms with Gasteiger partial charge in [0.2, 0.25) is 0 Å². The van der Waals surface area contributed by atoms with Crippen LogP contribution in [0.5, 0.6) is 5.75 Å². The van der Waals surface area contributed by atoms with Crippen LogP contribution in [-0.4, -0.2) is 17.7 Å². The fourth-order valence-electron chi connectivity index (χ4n) is 1.60. The molecule has 0 unspecified atom stereocenters. The van der Waals surface area contributed by atoms with Crippen LogP contribution in [0, 0.1) is 11.6 Å². The standard InChI is InChI=1S/C14H10F2O3/c15-10-3-6-12(13(16)7-10)9-1-4-11(5-2-9)19-8-14(17)18/h1-7H,8H2,(H,17,18). The molecule has 0 aromatic heterocycles. The molecule has 2 aromatic carbocycles. The van der Waals surface area contributed by atoms with Crippen molar-refractivity contribution < 1.29 is 23.4 Å². The van der Waals surface area contributed by atoms with Gasteiger partial charge in [-0.05, 0) is 29.8 Å². The number of hydrogen-bond donors (Lipinski definition) is 1. The number of rotatable bonds is 4. The number of ether oxygens (including phenoxy) is 1. The van der Waals surface area contributed by atoms with Crippen molar-refractivity contribution in [1.82, 2.24) is 0 Å². The Morgan fingerprint density at radius 3 is 2.37 bits per heavy atom. The Kier molecular flexibility index (Phi) is 3.75. The monoisotopic (exact) mass is 264 g/mol. The van der Waals surface area contributed by atoms with E-state index in [0.717, 1.165) is 6.07 Å². The number of carboxylic acid groups (broad SMARTS) is 1. The SMILES string of the molecule is O=C(O)COc1ccc(-c2ccc(F)cc2F)cc1. The predicted octanol–water partition coefficient (Wildman–Crippen LogP) is 3.10. The van der Waals surface area contributed by atoms with Gasteiger partial charge in [0, 0.05) is 11.6 Å². The molecule has 0 aliphatic carbocycles. The Labute approximate surface area is 108 Å². The van der Waals surface area contributed by atoms with Gasteiger partial charge in [0.15, 0.2) is 6.61 Å². The number of carboxylic acids is 1. The van der Waals surface area contributed by atoms with Crippen molar-refractivity contribution in [1.29, 1.82) is 0 Å². The minimum absolute atomic E-state index is 0.270. The second kappa shape index (κ2) is 5.48. The normalized spacial score (nSPS) is 10.2. The topological polar surface area (TPSA) is 46.5 Å². The number of carbonyl (C=O) groups is 1. The predicted molar refractivity (Wildman–Crippen MR) is 64.9 cm³/mol. The molecule has 0 heterocycles. The van der Waals surface area contributed by atoms with Gasteiger partial charge in [0.1, 0.15) is 17.4 Å². The minimum Gasteiger partial charge on any atom is -0.482 e. The lowest BCUT2D eigenvalue weighted by Crippen LogP contribution is -2.09. The Hall–Kier alpha value is -2.43. The van der Waals surface area contributed by atoms with Crippen LogP contribution in [0.15, 0.2) is 42.5 Å². The van der Waals surface area contributed by atoms with Crippen molar-refractivity contribution >= 4 is 5.97 Å². The number of halogens is 2. The summed E-state index contributed by atoms with van der Waals surface area (Å²) in [7, 11) is 0. The lowest BCUT2D eigenvalue weighted by atomic mass is 10.1. The largest absolute Gasteiger partial charge is 0.482 e. The fourth-order valence-corrected chi connectivity index (χ4v) is 1.60. The van der Waals surface area contributed by atoms with Gasteiger partial charge in [-0.25, -0.2) is 13.6 Å². The van der Waals surface area contributed by atoms with Crippen LogP contribution in [0.2, 0.25) is 0 Å². The van der Waals surface area contributed by atoms with Crippen LogP contribution in [0.1, 0.15) is 0 Å². The van der Waals surface area contributed by atoms with Crippen molar-refractivity contribution in [3.05, 3.63) is 54.1 Å². The zero-order valence-corrected chi connectivity index (χ0v) is 9.77. The smallest absolute Gasteiger partial charge is 0.341 e. The van der Waals surface area contributed by atoms with Crippen LogP contribution in [0.4, 0.5) is 8.78 Å². The van der Waals surface area contributed by atoms with Crippen molar-refractivity contribution in [2.45, 2.75) is 0 Å². The first-order valence-electron chi connectivity index (χ1n) is 5.46. The highest BCUT2D eigenvalue weighted by Gasteiger charge is 2.06. The summed E-state index contributed by atoms with van der Waals surface area (Å²) in [6.07, 6.45) is 0. The lowest BCUT2D eigenvalue weighted by molar-refractivity contribution is -0.139. The van der Waals surface area contributed by atoms with Crippen LogP contribution < -0.4 is 4.74 Å². The lowest BCUT2D eigenvalue weighted by Gasteiger charge is -2.06. The molecule has 0 aliphatic rings. The van der Waals surface area contributed by atoms with E-state index >= 15 is 0 Å². The molecule has 0 saturated heterocycles. The Bertz CT molecular complexity index is 594. The van der Waals surface area contributed by atoms with E-state index < -0.39 is 24.2 Å². The fraction of sp³-hybridized carbons (Fsp3) is 0.0714. The maximum Gasteiger partial charge on any atom is 0.341 e. The molecule has 0 bridgehead atoms. The summed E-state index contributed by atoms with van der Waals surface area (Å²) < 4.78 is 31.3. The summed E-state index contributed by atoms with van der Waals surface area (Å²) in [5.41, 5.74) is 0.825. The number of aliphatic carboxylic acids is 1. The van der Waals surface area contributed by atoms with E-state index in [0.29, 0.717) is 11.3 Å². The molecule has 0 atom stereocenters. The maximum atomic E-state index is 13.5. The molecule has 5 heteroatoms. The van der Waals surface area contributed by atoms with Crippen LogP contribution in [0.3, 0.4) is 0 Å². The first kappa shape index (κ1) is 13.0. The van der Waals surface area contributed by atoms with Crippen LogP contribution >= 0.6 is 0 Å². The molecule has 0 aliphatic heterocycles. The highest BCUT2D eigenvalue weighted by molar-refractivity contribution is 5.69. The number of benzene rings is 2. The summed E-state index contributed by atoms with van der Waals surface area (Å²) in [6.45, 7) is -0.440. The molecule has 0 fully saturated rings. The minimum atomic E-state index is -1.08. The summed E-state index contributed by atoms with van der Waals surface area (Å²) in [6, 6.07) is 9.54. The van der Waals surface area contributed by atoms with Gasteiger partial charge in [-0.3, -0.25) is 0 Å². The Morgan fingerprint density at radius 1 is 1.11 bits per heavy atom. The van der Waals surface area contributed by atoms with Gasteiger partial charge in [0.05, 0.1) is 0 Å². The molecular formula is C14H10F2O3. The first-order chi connectivity index (χ1) is 9.06.